The molecule has 0 radical (unpaired) electrons. The lowest BCUT2D eigenvalue weighted by Crippen LogP contribution is -2.26. The molecule has 0 unspecified atom stereocenters. The number of hydrogen-bond acceptors (Lipinski definition) is 3. The number of aryl methyl sites for hydroxylation is 1. The second-order valence-electron chi connectivity index (χ2n) is 5.29. The molecule has 0 aliphatic heterocycles. The second kappa shape index (κ2) is 7.90. The Labute approximate surface area is 142 Å². The molecule has 0 aromatic heterocycles. The van der Waals surface area contributed by atoms with E-state index in [2.05, 4.69) is 16.6 Å². The van der Waals surface area contributed by atoms with Crippen molar-refractivity contribution < 1.29 is 13.2 Å². The SMILES string of the molecule is C=CCNC(=O)c1cc(S(=O)(=O)NCc2ccccc2)ccc1C. The summed E-state index contributed by atoms with van der Waals surface area (Å²) in [6.07, 6.45) is 1.56. The van der Waals surface area contributed by atoms with E-state index in [0.29, 0.717) is 17.7 Å². The number of amides is 1. The number of nitrogens with one attached hydrogen (secondary N) is 2. The van der Waals surface area contributed by atoms with E-state index < -0.39 is 10.0 Å². The first-order valence-corrected chi connectivity index (χ1v) is 8.95. The first-order chi connectivity index (χ1) is 11.4. The monoisotopic (exact) mass is 344 g/mol. The van der Waals surface area contributed by atoms with Crippen molar-refractivity contribution in [2.45, 2.75) is 18.4 Å². The zero-order valence-electron chi connectivity index (χ0n) is 13.5. The highest BCUT2D eigenvalue weighted by Crippen LogP contribution is 2.16. The zero-order chi connectivity index (χ0) is 17.6. The Morgan fingerprint density at radius 1 is 1.17 bits per heavy atom. The predicted octanol–water partition coefficient (Wildman–Crippen LogP) is 2.39. The van der Waals surface area contributed by atoms with Gasteiger partial charge in [0.05, 0.1) is 4.90 Å². The molecule has 2 N–H and O–H groups in total. The minimum absolute atomic E-state index is 0.0628. The molecule has 6 heteroatoms. The van der Waals surface area contributed by atoms with Crippen molar-refractivity contribution in [3.63, 3.8) is 0 Å². The fraction of sp³-hybridized carbons (Fsp3) is 0.167. The van der Waals surface area contributed by atoms with E-state index in [1.807, 2.05) is 30.3 Å². The lowest BCUT2D eigenvalue weighted by atomic mass is 10.1. The first kappa shape index (κ1) is 17.9. The van der Waals surface area contributed by atoms with Gasteiger partial charge in [0.1, 0.15) is 0 Å². The molecule has 2 aromatic rings. The summed E-state index contributed by atoms with van der Waals surface area (Å²) in [7, 11) is -3.70. The molecule has 0 saturated carbocycles. The number of sulfonamides is 1. The van der Waals surface area contributed by atoms with Crippen LogP contribution in [-0.4, -0.2) is 20.9 Å². The van der Waals surface area contributed by atoms with Gasteiger partial charge in [-0.2, -0.15) is 0 Å². The number of carbonyl (C=O) groups excluding carboxylic acids is 1. The maximum absolute atomic E-state index is 12.4. The molecule has 126 valence electrons. The van der Waals surface area contributed by atoms with Gasteiger partial charge in [0.25, 0.3) is 5.91 Å². The van der Waals surface area contributed by atoms with Gasteiger partial charge in [-0.15, -0.1) is 6.58 Å². The number of benzene rings is 2. The third-order valence-electron chi connectivity index (χ3n) is 3.48. The van der Waals surface area contributed by atoms with Crippen molar-refractivity contribution in [1.29, 1.82) is 0 Å². The molecule has 0 spiro atoms. The van der Waals surface area contributed by atoms with Gasteiger partial charge in [-0.05, 0) is 30.2 Å². The fourth-order valence-corrected chi connectivity index (χ4v) is 3.17. The van der Waals surface area contributed by atoms with Crippen molar-refractivity contribution >= 4 is 15.9 Å². The Balaban J connectivity index is 2.20. The lowest BCUT2D eigenvalue weighted by Gasteiger charge is -2.11. The Hall–Kier alpha value is -2.44. The van der Waals surface area contributed by atoms with E-state index in [1.165, 1.54) is 12.1 Å². The van der Waals surface area contributed by atoms with Crippen LogP contribution in [0.4, 0.5) is 0 Å². The summed E-state index contributed by atoms with van der Waals surface area (Å²) >= 11 is 0. The molecule has 0 heterocycles. The average Bonchev–Trinajstić information content (AvgIpc) is 2.59. The van der Waals surface area contributed by atoms with Gasteiger partial charge < -0.3 is 5.32 Å². The van der Waals surface area contributed by atoms with Crippen molar-refractivity contribution in [2.75, 3.05) is 6.54 Å². The van der Waals surface area contributed by atoms with Crippen LogP contribution in [0.1, 0.15) is 21.5 Å². The second-order valence-corrected chi connectivity index (χ2v) is 7.05. The van der Waals surface area contributed by atoms with Crippen LogP contribution < -0.4 is 10.0 Å². The smallest absolute Gasteiger partial charge is 0.251 e. The average molecular weight is 344 g/mol. The maximum atomic E-state index is 12.4. The van der Waals surface area contributed by atoms with Crippen molar-refractivity contribution in [3.8, 4) is 0 Å². The first-order valence-electron chi connectivity index (χ1n) is 7.47. The van der Waals surface area contributed by atoms with Crippen LogP contribution >= 0.6 is 0 Å². The molecule has 0 bridgehead atoms. The molecule has 24 heavy (non-hydrogen) atoms. The van der Waals surface area contributed by atoms with Crippen LogP contribution in [0.2, 0.25) is 0 Å². The molecule has 2 rings (SSSR count). The van der Waals surface area contributed by atoms with Gasteiger partial charge in [0.15, 0.2) is 0 Å². The molecule has 0 atom stereocenters. The van der Waals surface area contributed by atoms with E-state index in [4.69, 9.17) is 0 Å². The molecule has 5 nitrogen and oxygen atoms in total. The minimum atomic E-state index is -3.70. The molecule has 0 saturated heterocycles. The highest BCUT2D eigenvalue weighted by Gasteiger charge is 2.17. The Bertz CT molecular complexity index is 831. The Morgan fingerprint density at radius 2 is 1.88 bits per heavy atom. The molecular formula is C18H20N2O3S. The number of carbonyl (C=O) groups is 1. The van der Waals surface area contributed by atoms with Crippen LogP contribution in [0, 0.1) is 6.92 Å². The van der Waals surface area contributed by atoms with Gasteiger partial charge in [0.2, 0.25) is 10.0 Å². The van der Waals surface area contributed by atoms with Crippen LogP contribution in [0.25, 0.3) is 0 Å². The van der Waals surface area contributed by atoms with Gasteiger partial charge in [-0.25, -0.2) is 13.1 Å². The standard InChI is InChI=1S/C18H20N2O3S/c1-3-11-19-18(21)17-12-16(10-9-14(17)2)24(22,23)20-13-15-7-5-4-6-8-15/h3-10,12,20H,1,11,13H2,2H3,(H,19,21). The summed E-state index contributed by atoms with van der Waals surface area (Å²) in [6.45, 7) is 5.81. The summed E-state index contributed by atoms with van der Waals surface area (Å²) in [4.78, 5) is 12.2. The van der Waals surface area contributed by atoms with E-state index in [1.54, 1.807) is 19.1 Å². The summed E-state index contributed by atoms with van der Waals surface area (Å²) in [5, 5.41) is 2.65. The molecule has 0 fully saturated rings. The third kappa shape index (κ3) is 4.53. The van der Waals surface area contributed by atoms with E-state index in [0.717, 1.165) is 5.56 Å². The van der Waals surface area contributed by atoms with Crippen molar-refractivity contribution in [3.05, 3.63) is 77.9 Å². The lowest BCUT2D eigenvalue weighted by molar-refractivity contribution is 0.0957. The molecule has 2 aromatic carbocycles. The highest BCUT2D eigenvalue weighted by molar-refractivity contribution is 7.89. The quantitative estimate of drug-likeness (QED) is 0.757. The number of rotatable bonds is 7. The summed E-state index contributed by atoms with van der Waals surface area (Å²) in [5.41, 5.74) is 1.90. The van der Waals surface area contributed by atoms with E-state index in [-0.39, 0.29) is 17.3 Å². The Morgan fingerprint density at radius 3 is 2.54 bits per heavy atom. The van der Waals surface area contributed by atoms with Gasteiger partial charge >= 0.3 is 0 Å². The summed E-state index contributed by atoms with van der Waals surface area (Å²) < 4.78 is 27.4. The minimum Gasteiger partial charge on any atom is -0.349 e. The molecule has 1 amide bonds. The largest absolute Gasteiger partial charge is 0.349 e. The molecular weight excluding hydrogens is 324 g/mol. The summed E-state index contributed by atoms with van der Waals surface area (Å²) in [6, 6.07) is 13.7. The van der Waals surface area contributed by atoms with Crippen molar-refractivity contribution in [2.24, 2.45) is 0 Å². The van der Waals surface area contributed by atoms with Crippen LogP contribution in [0.3, 0.4) is 0 Å². The highest BCUT2D eigenvalue weighted by atomic mass is 32.2. The molecule has 0 aliphatic rings. The third-order valence-corrected chi connectivity index (χ3v) is 4.88. The Kier molecular flexibility index (Phi) is 5.89. The van der Waals surface area contributed by atoms with Crippen LogP contribution in [0.5, 0.6) is 0 Å². The van der Waals surface area contributed by atoms with Crippen LogP contribution in [-0.2, 0) is 16.6 Å². The normalized spacial score (nSPS) is 11.0. The van der Waals surface area contributed by atoms with Crippen LogP contribution in [0.15, 0.2) is 66.1 Å². The van der Waals surface area contributed by atoms with Gasteiger partial charge in [-0.1, -0.05) is 42.5 Å². The van der Waals surface area contributed by atoms with E-state index >= 15 is 0 Å². The van der Waals surface area contributed by atoms with Gasteiger partial charge in [0, 0.05) is 18.7 Å². The van der Waals surface area contributed by atoms with Gasteiger partial charge in [-0.3, -0.25) is 4.79 Å². The van der Waals surface area contributed by atoms with E-state index in [9.17, 15) is 13.2 Å². The summed E-state index contributed by atoms with van der Waals surface area (Å²) in [5.74, 6) is -0.326. The maximum Gasteiger partial charge on any atom is 0.251 e. The molecule has 0 aliphatic carbocycles. The topological polar surface area (TPSA) is 75.3 Å². The fourth-order valence-electron chi connectivity index (χ4n) is 2.13. The predicted molar refractivity (Wildman–Crippen MR) is 94.2 cm³/mol. The zero-order valence-corrected chi connectivity index (χ0v) is 14.3. The van der Waals surface area contributed by atoms with Crippen molar-refractivity contribution in [1.82, 2.24) is 10.0 Å². The number of hydrogen-bond donors (Lipinski definition) is 2.